The fraction of sp³-hybridized carbons (Fsp3) is 0.786. The Morgan fingerprint density at radius 2 is 2.11 bits per heavy atom. The Hall–Kier alpha value is -0.540. The van der Waals surface area contributed by atoms with E-state index in [2.05, 4.69) is 12.0 Å². The third-order valence-electron chi connectivity index (χ3n) is 4.06. The van der Waals surface area contributed by atoms with E-state index in [0.717, 1.165) is 30.0 Å². The maximum absolute atomic E-state index is 6.41. The lowest BCUT2D eigenvalue weighted by atomic mass is 9.93. The first-order chi connectivity index (χ1) is 8.61. The van der Waals surface area contributed by atoms with E-state index in [1.54, 1.807) is 0 Å². The molecule has 1 aliphatic rings. The highest BCUT2D eigenvalue weighted by Gasteiger charge is 2.21. The lowest BCUT2D eigenvalue weighted by molar-refractivity contribution is 0.420. The Bertz CT molecular complexity index is 400. The van der Waals surface area contributed by atoms with Gasteiger partial charge in [-0.05, 0) is 31.6 Å². The van der Waals surface area contributed by atoms with E-state index in [4.69, 9.17) is 17.3 Å². The van der Waals surface area contributed by atoms with Crippen LogP contribution < -0.4 is 5.73 Å². The molecule has 1 fully saturated rings. The predicted octanol–water partition coefficient (Wildman–Crippen LogP) is 3.09. The molecule has 2 unspecified atom stereocenters. The van der Waals surface area contributed by atoms with Crippen LogP contribution in [0.5, 0.6) is 0 Å². The van der Waals surface area contributed by atoms with Crippen molar-refractivity contribution in [3.8, 4) is 0 Å². The molecule has 0 radical (unpaired) electrons. The van der Waals surface area contributed by atoms with Crippen molar-refractivity contribution >= 4 is 11.6 Å². The Morgan fingerprint density at radius 3 is 2.78 bits per heavy atom. The van der Waals surface area contributed by atoms with E-state index in [1.165, 1.54) is 31.4 Å². The normalized spacial score (nSPS) is 25.1. The molecule has 0 aromatic carbocycles. The third kappa shape index (κ3) is 3.07. The molecular weight excluding hydrogens is 246 g/mol. The van der Waals surface area contributed by atoms with Crippen LogP contribution in [0.15, 0.2) is 0 Å². The number of nitrogens with zero attached hydrogens (tertiary/aromatic N) is 2. The first-order valence-electron chi connectivity index (χ1n) is 7.07. The molecule has 1 aromatic rings. The molecule has 1 aromatic heterocycles. The summed E-state index contributed by atoms with van der Waals surface area (Å²) in [7, 11) is 2.00. The molecule has 2 atom stereocenters. The van der Waals surface area contributed by atoms with Crippen molar-refractivity contribution in [1.29, 1.82) is 0 Å². The molecule has 102 valence electrons. The first-order valence-corrected chi connectivity index (χ1v) is 7.45. The van der Waals surface area contributed by atoms with Crippen LogP contribution in [0.2, 0.25) is 5.02 Å². The summed E-state index contributed by atoms with van der Waals surface area (Å²) in [6.45, 7) is 2.10. The minimum atomic E-state index is 0.371. The molecule has 0 aliphatic heterocycles. The van der Waals surface area contributed by atoms with Crippen LogP contribution >= 0.6 is 11.6 Å². The highest BCUT2D eigenvalue weighted by Crippen LogP contribution is 2.29. The first kappa shape index (κ1) is 13.9. The lowest BCUT2D eigenvalue weighted by Crippen LogP contribution is -2.22. The lowest BCUT2D eigenvalue weighted by Gasteiger charge is -2.17. The van der Waals surface area contributed by atoms with Crippen molar-refractivity contribution in [3.05, 3.63) is 16.4 Å². The van der Waals surface area contributed by atoms with Gasteiger partial charge >= 0.3 is 0 Å². The van der Waals surface area contributed by atoms with Crippen LogP contribution in [0, 0.1) is 5.92 Å². The number of aromatic nitrogens is 2. The summed E-state index contributed by atoms with van der Waals surface area (Å²) in [5.41, 5.74) is 8.34. The number of halogens is 1. The van der Waals surface area contributed by atoms with Gasteiger partial charge in [0.05, 0.1) is 16.4 Å². The maximum Gasteiger partial charge on any atom is 0.0849 e. The van der Waals surface area contributed by atoms with Gasteiger partial charge in [0.1, 0.15) is 0 Å². The van der Waals surface area contributed by atoms with Crippen molar-refractivity contribution in [2.45, 2.75) is 57.9 Å². The summed E-state index contributed by atoms with van der Waals surface area (Å²) < 4.78 is 1.96. The molecule has 3 nitrogen and oxygen atoms in total. The zero-order valence-electron chi connectivity index (χ0n) is 11.5. The minimum Gasteiger partial charge on any atom is -0.328 e. The topological polar surface area (TPSA) is 43.8 Å². The van der Waals surface area contributed by atoms with E-state index in [1.807, 2.05) is 11.7 Å². The quantitative estimate of drug-likeness (QED) is 0.857. The molecule has 2 N–H and O–H groups in total. The van der Waals surface area contributed by atoms with Gasteiger partial charge in [0.2, 0.25) is 0 Å². The highest BCUT2D eigenvalue weighted by atomic mass is 35.5. The number of rotatable bonds is 3. The fourth-order valence-electron chi connectivity index (χ4n) is 3.00. The molecule has 0 amide bonds. The van der Waals surface area contributed by atoms with Crippen molar-refractivity contribution in [1.82, 2.24) is 9.78 Å². The SMILES string of the molecule is CCc1nn(C)c(CC2CCCCC(N)C2)c1Cl. The molecule has 18 heavy (non-hydrogen) atoms. The predicted molar refractivity (Wildman–Crippen MR) is 75.9 cm³/mol. The minimum absolute atomic E-state index is 0.371. The summed E-state index contributed by atoms with van der Waals surface area (Å²) in [5.74, 6) is 0.667. The van der Waals surface area contributed by atoms with Crippen LogP contribution in [-0.2, 0) is 19.9 Å². The summed E-state index contributed by atoms with van der Waals surface area (Å²) in [5, 5.41) is 5.36. The standard InChI is InChI=1S/C14H24ClN3/c1-3-12-14(15)13(18(2)17-12)9-10-6-4-5-7-11(16)8-10/h10-11H,3-9,16H2,1-2H3. The van der Waals surface area contributed by atoms with Crippen LogP contribution in [0.25, 0.3) is 0 Å². The van der Waals surface area contributed by atoms with Crippen LogP contribution in [0.3, 0.4) is 0 Å². The number of aryl methyl sites for hydroxylation is 2. The molecule has 1 saturated carbocycles. The Morgan fingerprint density at radius 1 is 1.39 bits per heavy atom. The third-order valence-corrected chi connectivity index (χ3v) is 4.49. The van der Waals surface area contributed by atoms with Gasteiger partial charge in [-0.2, -0.15) is 5.10 Å². The van der Waals surface area contributed by atoms with E-state index in [-0.39, 0.29) is 0 Å². The number of nitrogens with two attached hydrogens (primary N) is 1. The summed E-state index contributed by atoms with van der Waals surface area (Å²) >= 11 is 6.41. The Kier molecular flexibility index (Phi) is 4.68. The second kappa shape index (κ2) is 6.07. The van der Waals surface area contributed by atoms with Gasteiger partial charge in [-0.25, -0.2) is 0 Å². The van der Waals surface area contributed by atoms with Gasteiger partial charge in [-0.15, -0.1) is 0 Å². The molecule has 4 heteroatoms. The zero-order valence-corrected chi connectivity index (χ0v) is 12.2. The molecule has 0 bridgehead atoms. The van der Waals surface area contributed by atoms with Crippen LogP contribution in [0.4, 0.5) is 0 Å². The van der Waals surface area contributed by atoms with Crippen molar-refractivity contribution in [3.63, 3.8) is 0 Å². The van der Waals surface area contributed by atoms with Gasteiger partial charge in [0, 0.05) is 13.1 Å². The molecule has 1 heterocycles. The van der Waals surface area contributed by atoms with E-state index < -0.39 is 0 Å². The monoisotopic (exact) mass is 269 g/mol. The smallest absolute Gasteiger partial charge is 0.0849 e. The zero-order chi connectivity index (χ0) is 13.1. The largest absolute Gasteiger partial charge is 0.328 e. The van der Waals surface area contributed by atoms with Crippen LogP contribution in [-0.4, -0.2) is 15.8 Å². The maximum atomic E-state index is 6.41. The number of hydrogen-bond donors (Lipinski definition) is 1. The van der Waals surface area contributed by atoms with Crippen molar-refractivity contribution in [2.75, 3.05) is 0 Å². The summed E-state index contributed by atoms with van der Waals surface area (Å²) in [6, 6.07) is 0.371. The molecule has 1 aliphatic carbocycles. The molecular formula is C14H24ClN3. The number of hydrogen-bond acceptors (Lipinski definition) is 2. The van der Waals surface area contributed by atoms with Gasteiger partial charge < -0.3 is 5.73 Å². The Labute approximate surface area is 115 Å². The van der Waals surface area contributed by atoms with Gasteiger partial charge in [0.15, 0.2) is 0 Å². The fourth-order valence-corrected chi connectivity index (χ4v) is 3.37. The molecule has 0 saturated heterocycles. The van der Waals surface area contributed by atoms with Crippen molar-refractivity contribution < 1.29 is 0 Å². The van der Waals surface area contributed by atoms with E-state index >= 15 is 0 Å². The second-order valence-electron chi connectivity index (χ2n) is 5.53. The molecule has 2 rings (SSSR count). The summed E-state index contributed by atoms with van der Waals surface area (Å²) in [4.78, 5) is 0. The van der Waals surface area contributed by atoms with E-state index in [0.29, 0.717) is 12.0 Å². The second-order valence-corrected chi connectivity index (χ2v) is 5.91. The average Bonchev–Trinajstić information content (AvgIpc) is 2.53. The molecule has 0 spiro atoms. The van der Waals surface area contributed by atoms with Gasteiger partial charge in [0.25, 0.3) is 0 Å². The summed E-state index contributed by atoms with van der Waals surface area (Å²) in [6.07, 6.45) is 8.08. The average molecular weight is 270 g/mol. The highest BCUT2D eigenvalue weighted by molar-refractivity contribution is 6.31. The van der Waals surface area contributed by atoms with Gasteiger partial charge in [-0.1, -0.05) is 37.8 Å². The van der Waals surface area contributed by atoms with Gasteiger partial charge in [-0.3, -0.25) is 4.68 Å². The van der Waals surface area contributed by atoms with E-state index in [9.17, 15) is 0 Å². The Balaban J connectivity index is 2.10. The van der Waals surface area contributed by atoms with Crippen LogP contribution in [0.1, 0.15) is 50.4 Å². The van der Waals surface area contributed by atoms with Crippen molar-refractivity contribution in [2.24, 2.45) is 18.7 Å².